The molecule has 2 rings (SSSR count). The summed E-state index contributed by atoms with van der Waals surface area (Å²) in [5.74, 6) is 1.39. The number of hydrogen-bond donors (Lipinski definition) is 0. The van der Waals surface area contributed by atoms with E-state index in [2.05, 4.69) is 26.0 Å². The van der Waals surface area contributed by atoms with E-state index in [1.54, 1.807) is 7.11 Å². The van der Waals surface area contributed by atoms with Crippen LogP contribution in [0, 0.1) is 0 Å². The van der Waals surface area contributed by atoms with Crippen molar-refractivity contribution in [1.29, 1.82) is 0 Å². The molecule has 112 valence electrons. The maximum Gasteiger partial charge on any atom is 0.128 e. The van der Waals surface area contributed by atoms with Gasteiger partial charge in [0.15, 0.2) is 0 Å². The van der Waals surface area contributed by atoms with Crippen LogP contribution in [0.25, 0.3) is 0 Å². The minimum absolute atomic E-state index is 0.0325. The molecule has 0 saturated heterocycles. The summed E-state index contributed by atoms with van der Waals surface area (Å²) in [4.78, 5) is 0. The number of alkyl halides is 1. The number of methoxy groups -OCH3 is 1. The van der Waals surface area contributed by atoms with Crippen LogP contribution in [0.15, 0.2) is 24.3 Å². The Labute approximate surface area is 126 Å². The van der Waals surface area contributed by atoms with E-state index < -0.39 is 0 Å². The molecule has 0 aromatic heterocycles. The predicted octanol–water partition coefficient (Wildman–Crippen LogP) is 3.60. The standard InChI is InChI=1S/C16H23ClO3/c1-11(2)12-5-4-6-13(9-12)20-15-10-14(17)16(15)19-8-7-18-3/h4-6,9,11,14-16H,7-8,10H2,1-3H3. The second-order valence-electron chi connectivity index (χ2n) is 5.46. The summed E-state index contributed by atoms with van der Waals surface area (Å²) in [6, 6.07) is 8.23. The van der Waals surface area contributed by atoms with Crippen LogP contribution in [0.1, 0.15) is 31.7 Å². The number of ether oxygens (including phenoxy) is 3. The van der Waals surface area contributed by atoms with Crippen molar-refractivity contribution in [1.82, 2.24) is 0 Å². The zero-order valence-corrected chi connectivity index (χ0v) is 13.1. The summed E-state index contributed by atoms with van der Waals surface area (Å²) in [5.41, 5.74) is 1.28. The fourth-order valence-electron chi connectivity index (χ4n) is 2.24. The van der Waals surface area contributed by atoms with Crippen LogP contribution in [0.5, 0.6) is 5.75 Å². The first-order valence-corrected chi connectivity index (χ1v) is 7.56. The lowest BCUT2D eigenvalue weighted by molar-refractivity contribution is -0.0898. The van der Waals surface area contributed by atoms with E-state index in [0.717, 1.165) is 12.2 Å². The molecule has 1 aliphatic carbocycles. The molecule has 3 atom stereocenters. The molecule has 0 aliphatic heterocycles. The van der Waals surface area contributed by atoms with E-state index in [4.69, 9.17) is 25.8 Å². The van der Waals surface area contributed by atoms with Crippen molar-refractivity contribution in [2.45, 2.75) is 43.8 Å². The third kappa shape index (κ3) is 3.87. The molecule has 4 heteroatoms. The van der Waals surface area contributed by atoms with Crippen molar-refractivity contribution in [3.05, 3.63) is 29.8 Å². The van der Waals surface area contributed by atoms with Crippen LogP contribution in [0.4, 0.5) is 0 Å². The summed E-state index contributed by atoms with van der Waals surface area (Å²) in [6.07, 6.45) is 0.816. The Morgan fingerprint density at radius 3 is 2.75 bits per heavy atom. The average Bonchev–Trinajstić information content (AvgIpc) is 2.43. The van der Waals surface area contributed by atoms with Crippen molar-refractivity contribution < 1.29 is 14.2 Å². The summed E-state index contributed by atoms with van der Waals surface area (Å²) < 4.78 is 16.7. The molecule has 3 unspecified atom stereocenters. The van der Waals surface area contributed by atoms with Crippen LogP contribution in [-0.2, 0) is 9.47 Å². The first kappa shape index (κ1) is 15.6. The molecular weight excluding hydrogens is 276 g/mol. The molecule has 0 amide bonds. The van der Waals surface area contributed by atoms with Crippen molar-refractivity contribution in [3.63, 3.8) is 0 Å². The lowest BCUT2D eigenvalue weighted by atomic mass is 9.91. The average molecular weight is 299 g/mol. The van der Waals surface area contributed by atoms with Gasteiger partial charge in [-0.05, 0) is 23.6 Å². The Balaban J connectivity index is 1.90. The predicted molar refractivity (Wildman–Crippen MR) is 80.8 cm³/mol. The molecule has 0 spiro atoms. The Kier molecular flexibility index (Phi) is 5.70. The van der Waals surface area contributed by atoms with E-state index in [9.17, 15) is 0 Å². The van der Waals surface area contributed by atoms with E-state index in [1.165, 1.54) is 5.56 Å². The van der Waals surface area contributed by atoms with Crippen molar-refractivity contribution >= 4 is 11.6 Å². The fourth-order valence-corrected chi connectivity index (χ4v) is 2.65. The topological polar surface area (TPSA) is 27.7 Å². The molecule has 1 fully saturated rings. The lowest BCUT2D eigenvalue weighted by Gasteiger charge is -2.40. The second-order valence-corrected chi connectivity index (χ2v) is 6.02. The SMILES string of the molecule is COCCOC1C(Cl)CC1Oc1cccc(C(C)C)c1. The van der Waals surface area contributed by atoms with Crippen LogP contribution in [0.3, 0.4) is 0 Å². The zero-order valence-electron chi connectivity index (χ0n) is 12.3. The van der Waals surface area contributed by atoms with Crippen molar-refractivity contribution in [3.8, 4) is 5.75 Å². The zero-order chi connectivity index (χ0) is 14.5. The number of benzene rings is 1. The van der Waals surface area contributed by atoms with Gasteiger partial charge in [0, 0.05) is 13.5 Å². The number of halogens is 1. The molecule has 3 nitrogen and oxygen atoms in total. The van der Waals surface area contributed by atoms with Gasteiger partial charge in [0.05, 0.1) is 18.6 Å². The van der Waals surface area contributed by atoms with Gasteiger partial charge in [-0.3, -0.25) is 0 Å². The summed E-state index contributed by atoms with van der Waals surface area (Å²) in [6.45, 7) is 5.48. The smallest absolute Gasteiger partial charge is 0.128 e. The molecule has 1 aromatic carbocycles. The molecule has 1 aliphatic rings. The maximum atomic E-state index is 6.19. The van der Waals surface area contributed by atoms with Crippen LogP contribution in [0.2, 0.25) is 0 Å². The lowest BCUT2D eigenvalue weighted by Crippen LogP contribution is -2.53. The fraction of sp³-hybridized carbons (Fsp3) is 0.625. The molecule has 0 heterocycles. The summed E-state index contributed by atoms with van der Waals surface area (Å²) >= 11 is 6.19. The first-order valence-electron chi connectivity index (χ1n) is 7.13. The molecule has 0 bridgehead atoms. The van der Waals surface area contributed by atoms with Crippen molar-refractivity contribution in [2.24, 2.45) is 0 Å². The van der Waals surface area contributed by atoms with Gasteiger partial charge in [-0.25, -0.2) is 0 Å². The monoisotopic (exact) mass is 298 g/mol. The normalized spacial score (nSPS) is 25.6. The number of rotatable bonds is 7. The third-order valence-corrected chi connectivity index (χ3v) is 4.02. The molecule has 1 saturated carbocycles. The van der Waals surface area contributed by atoms with E-state index in [-0.39, 0.29) is 17.6 Å². The van der Waals surface area contributed by atoms with Gasteiger partial charge in [-0.1, -0.05) is 26.0 Å². The van der Waals surface area contributed by atoms with Crippen LogP contribution < -0.4 is 4.74 Å². The minimum atomic E-state index is -0.0467. The van der Waals surface area contributed by atoms with Gasteiger partial charge in [0.1, 0.15) is 18.0 Å². The second kappa shape index (κ2) is 7.30. The van der Waals surface area contributed by atoms with Crippen LogP contribution >= 0.6 is 11.6 Å². The highest BCUT2D eigenvalue weighted by Crippen LogP contribution is 2.33. The van der Waals surface area contributed by atoms with Gasteiger partial charge in [-0.15, -0.1) is 11.6 Å². The van der Waals surface area contributed by atoms with E-state index in [1.807, 2.05) is 12.1 Å². The van der Waals surface area contributed by atoms with E-state index >= 15 is 0 Å². The highest BCUT2D eigenvalue weighted by molar-refractivity contribution is 6.21. The molecule has 20 heavy (non-hydrogen) atoms. The number of hydrogen-bond acceptors (Lipinski definition) is 3. The van der Waals surface area contributed by atoms with Gasteiger partial charge < -0.3 is 14.2 Å². The van der Waals surface area contributed by atoms with Crippen molar-refractivity contribution in [2.75, 3.05) is 20.3 Å². The maximum absolute atomic E-state index is 6.19. The van der Waals surface area contributed by atoms with Gasteiger partial charge in [-0.2, -0.15) is 0 Å². The van der Waals surface area contributed by atoms with E-state index in [0.29, 0.717) is 19.1 Å². The van der Waals surface area contributed by atoms with Gasteiger partial charge >= 0.3 is 0 Å². The van der Waals surface area contributed by atoms with Gasteiger partial charge in [0.25, 0.3) is 0 Å². The molecule has 1 aromatic rings. The highest BCUT2D eigenvalue weighted by atomic mass is 35.5. The summed E-state index contributed by atoms with van der Waals surface area (Å²) in [7, 11) is 1.66. The van der Waals surface area contributed by atoms with Gasteiger partial charge in [0.2, 0.25) is 0 Å². The molecule has 0 N–H and O–H groups in total. The molecule has 0 radical (unpaired) electrons. The minimum Gasteiger partial charge on any atom is -0.488 e. The largest absolute Gasteiger partial charge is 0.488 e. The Hall–Kier alpha value is -0.770. The third-order valence-electron chi connectivity index (χ3n) is 3.59. The Morgan fingerprint density at radius 1 is 1.30 bits per heavy atom. The quantitative estimate of drug-likeness (QED) is 0.568. The summed E-state index contributed by atoms with van der Waals surface area (Å²) in [5, 5.41) is 0.0325. The highest BCUT2D eigenvalue weighted by Gasteiger charge is 2.42. The first-order chi connectivity index (χ1) is 9.61. The van der Waals surface area contributed by atoms with Crippen LogP contribution in [-0.4, -0.2) is 37.9 Å². The Morgan fingerprint density at radius 2 is 2.10 bits per heavy atom. The molecular formula is C16H23ClO3. The Bertz CT molecular complexity index is 422.